The van der Waals surface area contributed by atoms with Crippen molar-refractivity contribution in [2.45, 2.75) is 19.9 Å². The molecule has 138 valence electrons. The molecule has 2 rings (SSSR count). The summed E-state index contributed by atoms with van der Waals surface area (Å²) >= 11 is 3.40. The Hall–Kier alpha value is -2.18. The van der Waals surface area contributed by atoms with Crippen molar-refractivity contribution in [3.63, 3.8) is 0 Å². The van der Waals surface area contributed by atoms with Crippen molar-refractivity contribution in [1.29, 1.82) is 0 Å². The Bertz CT molecular complexity index is 745. The maximum Gasteiger partial charge on any atom is 0.279 e. The molecule has 0 spiro atoms. The predicted octanol–water partition coefficient (Wildman–Crippen LogP) is 2.09. The van der Waals surface area contributed by atoms with Crippen molar-refractivity contribution in [3.05, 3.63) is 64.1 Å². The van der Waals surface area contributed by atoms with E-state index >= 15 is 0 Å². The van der Waals surface area contributed by atoms with Gasteiger partial charge in [-0.05, 0) is 43.7 Å². The first-order valence-electron chi connectivity index (χ1n) is 8.56. The third-order valence-corrected chi connectivity index (χ3v) is 4.54. The SMILES string of the molecule is Cc1ccc(NC(=O)C[NH+](C)CC(=O)N[C@@H](C)c2ccc(Br)cc2)cc1. The minimum Gasteiger partial charge on any atom is -0.345 e. The first kappa shape index (κ1) is 20.1. The monoisotopic (exact) mass is 418 g/mol. The molecule has 0 radical (unpaired) electrons. The van der Waals surface area contributed by atoms with Gasteiger partial charge in [0.2, 0.25) is 0 Å². The molecule has 6 heteroatoms. The van der Waals surface area contributed by atoms with Gasteiger partial charge in [-0.15, -0.1) is 0 Å². The summed E-state index contributed by atoms with van der Waals surface area (Å²) in [5.41, 5.74) is 2.94. The lowest BCUT2D eigenvalue weighted by molar-refractivity contribution is -0.862. The highest BCUT2D eigenvalue weighted by molar-refractivity contribution is 9.10. The molecule has 2 amide bonds. The molecule has 0 bridgehead atoms. The normalized spacial score (nSPS) is 12.9. The molecule has 0 fully saturated rings. The zero-order valence-corrected chi connectivity index (χ0v) is 16.9. The average Bonchev–Trinajstić information content (AvgIpc) is 2.57. The van der Waals surface area contributed by atoms with E-state index in [-0.39, 0.29) is 30.9 Å². The molecule has 2 atom stereocenters. The lowest BCUT2D eigenvalue weighted by Gasteiger charge is -2.17. The first-order valence-corrected chi connectivity index (χ1v) is 9.35. The quantitative estimate of drug-likeness (QED) is 0.644. The van der Waals surface area contributed by atoms with Gasteiger partial charge in [-0.3, -0.25) is 9.59 Å². The van der Waals surface area contributed by atoms with Crippen LogP contribution in [0, 0.1) is 6.92 Å². The fraction of sp³-hybridized carbons (Fsp3) is 0.300. The number of anilines is 1. The molecule has 2 aromatic carbocycles. The highest BCUT2D eigenvalue weighted by Crippen LogP contribution is 2.16. The zero-order valence-electron chi connectivity index (χ0n) is 15.3. The van der Waals surface area contributed by atoms with Crippen LogP contribution < -0.4 is 15.5 Å². The van der Waals surface area contributed by atoms with Crippen molar-refractivity contribution in [2.24, 2.45) is 0 Å². The van der Waals surface area contributed by atoms with E-state index < -0.39 is 0 Å². The number of carbonyl (C=O) groups excluding carboxylic acids is 2. The number of amides is 2. The summed E-state index contributed by atoms with van der Waals surface area (Å²) < 4.78 is 1.00. The van der Waals surface area contributed by atoms with Crippen LogP contribution in [0.1, 0.15) is 24.1 Å². The topological polar surface area (TPSA) is 62.6 Å². The van der Waals surface area contributed by atoms with Crippen LogP contribution in [0.4, 0.5) is 5.69 Å². The minimum absolute atomic E-state index is 0.0789. The van der Waals surface area contributed by atoms with Gasteiger partial charge in [0, 0.05) is 10.2 Å². The molecule has 0 heterocycles. The maximum absolute atomic E-state index is 12.2. The predicted molar refractivity (Wildman–Crippen MR) is 107 cm³/mol. The highest BCUT2D eigenvalue weighted by atomic mass is 79.9. The van der Waals surface area contributed by atoms with E-state index in [1.165, 1.54) is 0 Å². The minimum atomic E-state index is -0.111. The lowest BCUT2D eigenvalue weighted by Crippen LogP contribution is -3.11. The van der Waals surface area contributed by atoms with E-state index in [0.717, 1.165) is 26.2 Å². The van der Waals surface area contributed by atoms with Gasteiger partial charge >= 0.3 is 0 Å². The number of likely N-dealkylation sites (N-methyl/N-ethyl adjacent to an activating group) is 1. The van der Waals surface area contributed by atoms with Crippen LogP contribution in [0.25, 0.3) is 0 Å². The maximum atomic E-state index is 12.2. The first-order chi connectivity index (χ1) is 12.3. The van der Waals surface area contributed by atoms with E-state index in [1.807, 2.05) is 69.4 Å². The van der Waals surface area contributed by atoms with Crippen molar-refractivity contribution >= 4 is 33.4 Å². The molecular weight excluding hydrogens is 394 g/mol. The van der Waals surface area contributed by atoms with Gasteiger partial charge < -0.3 is 15.5 Å². The molecule has 0 aliphatic heterocycles. The number of benzene rings is 2. The van der Waals surface area contributed by atoms with Gasteiger partial charge in [-0.25, -0.2) is 0 Å². The Morgan fingerprint density at radius 3 is 2.19 bits per heavy atom. The van der Waals surface area contributed by atoms with Gasteiger partial charge in [-0.1, -0.05) is 45.8 Å². The number of nitrogens with one attached hydrogen (secondary N) is 3. The van der Waals surface area contributed by atoms with Crippen LogP contribution in [0.2, 0.25) is 0 Å². The van der Waals surface area contributed by atoms with E-state index in [9.17, 15) is 9.59 Å². The molecule has 0 aliphatic rings. The number of hydrogen-bond acceptors (Lipinski definition) is 2. The van der Waals surface area contributed by atoms with Gasteiger partial charge in [0.15, 0.2) is 13.1 Å². The Morgan fingerprint density at radius 2 is 1.58 bits per heavy atom. The molecule has 1 unspecified atom stereocenters. The Labute approximate surface area is 162 Å². The summed E-state index contributed by atoms with van der Waals surface area (Å²) in [4.78, 5) is 25.1. The number of aryl methyl sites for hydroxylation is 1. The molecular formula is C20H25BrN3O2+. The third kappa shape index (κ3) is 6.61. The molecule has 3 N–H and O–H groups in total. The molecule has 0 aromatic heterocycles. The summed E-state index contributed by atoms with van der Waals surface area (Å²) in [5.74, 6) is -0.193. The molecule has 0 saturated carbocycles. The molecule has 26 heavy (non-hydrogen) atoms. The van der Waals surface area contributed by atoms with E-state index in [2.05, 4.69) is 26.6 Å². The second-order valence-corrected chi connectivity index (χ2v) is 7.48. The van der Waals surface area contributed by atoms with Crippen LogP contribution in [0.3, 0.4) is 0 Å². The number of hydrogen-bond donors (Lipinski definition) is 3. The summed E-state index contributed by atoms with van der Waals surface area (Å²) in [7, 11) is 1.83. The van der Waals surface area contributed by atoms with Crippen LogP contribution >= 0.6 is 15.9 Å². The van der Waals surface area contributed by atoms with Crippen molar-refractivity contribution in [1.82, 2.24) is 5.32 Å². The van der Waals surface area contributed by atoms with Crippen LogP contribution in [-0.4, -0.2) is 32.0 Å². The van der Waals surface area contributed by atoms with Crippen LogP contribution in [0.15, 0.2) is 53.0 Å². The second-order valence-electron chi connectivity index (χ2n) is 6.57. The molecule has 0 aliphatic carbocycles. The number of carbonyl (C=O) groups is 2. The Balaban J connectivity index is 1.78. The van der Waals surface area contributed by atoms with E-state index in [4.69, 9.17) is 0 Å². The second kappa shape index (κ2) is 9.50. The van der Waals surface area contributed by atoms with Crippen molar-refractivity contribution in [3.8, 4) is 0 Å². The Morgan fingerprint density at radius 1 is 1.00 bits per heavy atom. The third-order valence-electron chi connectivity index (χ3n) is 4.01. The summed E-state index contributed by atoms with van der Waals surface area (Å²) in [6.45, 7) is 4.41. The summed E-state index contributed by atoms with van der Waals surface area (Å²) in [6.07, 6.45) is 0. The fourth-order valence-electron chi connectivity index (χ4n) is 2.58. The smallest absolute Gasteiger partial charge is 0.279 e. The zero-order chi connectivity index (χ0) is 19.1. The highest BCUT2D eigenvalue weighted by Gasteiger charge is 2.16. The van der Waals surface area contributed by atoms with E-state index in [1.54, 1.807) is 0 Å². The largest absolute Gasteiger partial charge is 0.345 e. The van der Waals surface area contributed by atoms with Gasteiger partial charge in [0.1, 0.15) is 0 Å². The number of halogens is 1. The lowest BCUT2D eigenvalue weighted by atomic mass is 10.1. The van der Waals surface area contributed by atoms with E-state index in [0.29, 0.717) is 0 Å². The molecule has 2 aromatic rings. The van der Waals surface area contributed by atoms with Gasteiger partial charge in [0.05, 0.1) is 13.1 Å². The van der Waals surface area contributed by atoms with Crippen molar-refractivity contribution in [2.75, 3.05) is 25.5 Å². The van der Waals surface area contributed by atoms with Crippen LogP contribution in [0.5, 0.6) is 0 Å². The number of rotatable bonds is 7. The molecule has 0 saturated heterocycles. The van der Waals surface area contributed by atoms with Crippen molar-refractivity contribution < 1.29 is 14.5 Å². The standard InChI is InChI=1S/C20H24BrN3O2/c1-14-4-10-18(11-5-14)23-20(26)13-24(3)12-19(25)22-15(2)16-6-8-17(21)9-7-16/h4-11,15H,12-13H2,1-3H3,(H,22,25)(H,23,26)/p+1/t15-/m0/s1. The van der Waals surface area contributed by atoms with Gasteiger partial charge in [0.25, 0.3) is 11.8 Å². The van der Waals surface area contributed by atoms with Crippen LogP contribution in [-0.2, 0) is 9.59 Å². The fourth-order valence-corrected chi connectivity index (χ4v) is 2.84. The Kier molecular flexibility index (Phi) is 7.36. The average molecular weight is 419 g/mol. The number of quaternary nitrogens is 1. The van der Waals surface area contributed by atoms with Gasteiger partial charge in [-0.2, -0.15) is 0 Å². The summed E-state index contributed by atoms with van der Waals surface area (Å²) in [5, 5.41) is 5.82. The molecule has 5 nitrogen and oxygen atoms in total. The summed E-state index contributed by atoms with van der Waals surface area (Å²) in [6, 6.07) is 15.4.